The minimum absolute atomic E-state index is 0.00157. The number of hydrogen-bond donors (Lipinski definition) is 2. The summed E-state index contributed by atoms with van der Waals surface area (Å²) in [7, 11) is 0. The molecule has 1 heterocycles. The molecule has 1 amide bonds. The number of nitrogens with one attached hydrogen (secondary N) is 1. The first-order valence-corrected chi connectivity index (χ1v) is 7.98. The summed E-state index contributed by atoms with van der Waals surface area (Å²) in [4.78, 5) is 23.2. The molecule has 0 radical (unpaired) electrons. The first-order chi connectivity index (χ1) is 12.2. The van der Waals surface area contributed by atoms with Crippen molar-refractivity contribution in [3.8, 4) is 5.69 Å². The van der Waals surface area contributed by atoms with E-state index in [-0.39, 0.29) is 17.5 Å². The minimum Gasteiger partial charge on any atom is -0.478 e. The third-order valence-corrected chi connectivity index (χ3v) is 4.37. The fourth-order valence-electron chi connectivity index (χ4n) is 2.76. The Morgan fingerprint density at radius 2 is 2.04 bits per heavy atom. The summed E-state index contributed by atoms with van der Waals surface area (Å²) in [6.45, 7) is 1.81. The monoisotopic (exact) mass is 367 g/mol. The Morgan fingerprint density at radius 1 is 1.35 bits per heavy atom. The molecule has 0 bridgehead atoms. The number of benzene rings is 1. The molecule has 1 aliphatic rings. The summed E-state index contributed by atoms with van der Waals surface area (Å²) >= 11 is 0. The lowest BCUT2D eigenvalue weighted by Crippen LogP contribution is -2.22. The zero-order valence-electron chi connectivity index (χ0n) is 13.7. The Kier molecular flexibility index (Phi) is 4.47. The van der Waals surface area contributed by atoms with Crippen LogP contribution in [-0.2, 0) is 11.0 Å². The molecule has 1 atom stereocenters. The molecule has 0 saturated heterocycles. The van der Waals surface area contributed by atoms with E-state index in [2.05, 4.69) is 10.4 Å². The average Bonchev–Trinajstić information content (AvgIpc) is 3.30. The molecule has 6 nitrogen and oxygen atoms in total. The third kappa shape index (κ3) is 3.56. The standard InChI is InChI=1S/C17H16F3N3O3/c1-9(10-5-6-10)15(24)22-11-3-2-4-12(7-11)23-14(17(18,19)20)13(8-21-23)16(25)26/h2-4,7-10H,5-6H2,1H3,(H,22,24)(H,25,26). The molecule has 0 spiro atoms. The SMILES string of the molecule is CC(C(=O)Nc1cccc(-n2ncc(C(=O)O)c2C(F)(F)F)c1)C1CC1. The molecule has 1 unspecified atom stereocenters. The maximum Gasteiger partial charge on any atom is 0.434 e. The summed E-state index contributed by atoms with van der Waals surface area (Å²) in [6.07, 6.45) is -2.25. The Morgan fingerprint density at radius 3 is 2.62 bits per heavy atom. The molecule has 9 heteroatoms. The second-order valence-corrected chi connectivity index (χ2v) is 6.29. The summed E-state index contributed by atoms with van der Waals surface area (Å²) in [6, 6.07) is 5.70. The van der Waals surface area contributed by atoms with Crippen molar-refractivity contribution in [1.29, 1.82) is 0 Å². The molecule has 2 aromatic rings. The lowest BCUT2D eigenvalue weighted by molar-refractivity contribution is -0.143. The molecule has 2 N–H and O–H groups in total. The number of carbonyl (C=O) groups is 2. The molecular formula is C17H16F3N3O3. The molecule has 138 valence electrons. The maximum absolute atomic E-state index is 13.3. The van der Waals surface area contributed by atoms with E-state index in [0.29, 0.717) is 22.5 Å². The number of nitrogens with zero attached hydrogens (tertiary/aromatic N) is 2. The van der Waals surface area contributed by atoms with Crippen LogP contribution in [0.3, 0.4) is 0 Å². The number of rotatable bonds is 5. The van der Waals surface area contributed by atoms with Crippen molar-refractivity contribution in [3.05, 3.63) is 41.7 Å². The lowest BCUT2D eigenvalue weighted by atomic mass is 10.1. The number of halogens is 3. The number of aromatic carboxylic acids is 1. The van der Waals surface area contributed by atoms with Gasteiger partial charge in [-0.15, -0.1) is 0 Å². The number of amides is 1. The van der Waals surface area contributed by atoms with Gasteiger partial charge in [-0.25, -0.2) is 9.48 Å². The normalized spacial score (nSPS) is 15.5. The highest BCUT2D eigenvalue weighted by atomic mass is 19.4. The fourth-order valence-corrected chi connectivity index (χ4v) is 2.76. The Balaban J connectivity index is 1.93. The van der Waals surface area contributed by atoms with Gasteiger partial charge in [0.05, 0.1) is 11.9 Å². The van der Waals surface area contributed by atoms with Crippen molar-refractivity contribution >= 4 is 17.6 Å². The average molecular weight is 367 g/mol. The van der Waals surface area contributed by atoms with Crippen LogP contribution in [0, 0.1) is 11.8 Å². The van der Waals surface area contributed by atoms with Gasteiger partial charge in [0.1, 0.15) is 5.56 Å². The van der Waals surface area contributed by atoms with Gasteiger partial charge in [0.25, 0.3) is 0 Å². The first-order valence-electron chi connectivity index (χ1n) is 7.98. The number of alkyl halides is 3. The molecule has 26 heavy (non-hydrogen) atoms. The van der Waals surface area contributed by atoms with Crippen LogP contribution >= 0.6 is 0 Å². The summed E-state index contributed by atoms with van der Waals surface area (Å²) in [5.41, 5.74) is -1.99. The number of hydrogen-bond acceptors (Lipinski definition) is 3. The molecule has 1 saturated carbocycles. The van der Waals surface area contributed by atoms with Crippen LogP contribution in [0.2, 0.25) is 0 Å². The van der Waals surface area contributed by atoms with Crippen molar-refractivity contribution in [1.82, 2.24) is 9.78 Å². The van der Waals surface area contributed by atoms with Crippen molar-refractivity contribution < 1.29 is 27.9 Å². The van der Waals surface area contributed by atoms with E-state index in [0.717, 1.165) is 12.8 Å². The Labute approximate surface area is 146 Å². The Bertz CT molecular complexity index is 856. The lowest BCUT2D eigenvalue weighted by Gasteiger charge is -2.14. The van der Waals surface area contributed by atoms with Gasteiger partial charge in [0.2, 0.25) is 5.91 Å². The number of carbonyl (C=O) groups excluding carboxylic acids is 1. The second kappa shape index (κ2) is 6.47. The summed E-state index contributed by atoms with van der Waals surface area (Å²) in [5, 5.41) is 15.2. The van der Waals surface area contributed by atoms with E-state index >= 15 is 0 Å². The number of anilines is 1. The number of aromatic nitrogens is 2. The van der Waals surface area contributed by atoms with E-state index in [1.165, 1.54) is 18.2 Å². The zero-order chi connectivity index (χ0) is 19.1. The van der Waals surface area contributed by atoms with Crippen molar-refractivity contribution in [2.45, 2.75) is 25.9 Å². The largest absolute Gasteiger partial charge is 0.478 e. The van der Waals surface area contributed by atoms with E-state index < -0.39 is 23.4 Å². The quantitative estimate of drug-likeness (QED) is 0.846. The third-order valence-electron chi connectivity index (χ3n) is 4.37. The Hall–Kier alpha value is -2.84. The van der Waals surface area contributed by atoms with E-state index in [9.17, 15) is 22.8 Å². The van der Waals surface area contributed by atoms with Gasteiger partial charge >= 0.3 is 12.1 Å². The minimum atomic E-state index is -4.90. The predicted molar refractivity (Wildman–Crippen MR) is 86.0 cm³/mol. The molecule has 1 aromatic heterocycles. The highest BCUT2D eigenvalue weighted by molar-refractivity contribution is 5.93. The van der Waals surface area contributed by atoms with Gasteiger partial charge in [-0.2, -0.15) is 18.3 Å². The maximum atomic E-state index is 13.3. The van der Waals surface area contributed by atoms with Crippen LogP contribution in [0.25, 0.3) is 5.69 Å². The van der Waals surface area contributed by atoms with Gasteiger partial charge in [-0.05, 0) is 37.0 Å². The molecule has 3 rings (SSSR count). The molecule has 0 aliphatic heterocycles. The van der Waals surface area contributed by atoms with Crippen LogP contribution in [0.4, 0.5) is 18.9 Å². The van der Waals surface area contributed by atoms with Gasteiger partial charge in [-0.3, -0.25) is 4.79 Å². The van der Waals surface area contributed by atoms with Gasteiger partial charge in [0, 0.05) is 11.6 Å². The fraction of sp³-hybridized carbons (Fsp3) is 0.353. The van der Waals surface area contributed by atoms with Crippen LogP contribution in [0.15, 0.2) is 30.5 Å². The van der Waals surface area contributed by atoms with Crippen LogP contribution in [0.1, 0.15) is 35.8 Å². The van der Waals surface area contributed by atoms with Gasteiger partial charge in [-0.1, -0.05) is 13.0 Å². The van der Waals surface area contributed by atoms with Crippen LogP contribution in [0.5, 0.6) is 0 Å². The van der Waals surface area contributed by atoms with E-state index in [1.54, 1.807) is 6.07 Å². The van der Waals surface area contributed by atoms with Crippen LogP contribution < -0.4 is 5.32 Å². The van der Waals surface area contributed by atoms with Gasteiger partial charge < -0.3 is 10.4 Å². The predicted octanol–water partition coefficient (Wildman–Crippen LogP) is 3.57. The second-order valence-electron chi connectivity index (χ2n) is 6.29. The van der Waals surface area contributed by atoms with Crippen molar-refractivity contribution in [2.75, 3.05) is 5.32 Å². The summed E-state index contributed by atoms with van der Waals surface area (Å²) in [5.74, 6) is -1.74. The van der Waals surface area contributed by atoms with E-state index in [1.807, 2.05) is 6.92 Å². The number of carboxylic acids is 1. The topological polar surface area (TPSA) is 84.2 Å². The van der Waals surface area contributed by atoms with Crippen molar-refractivity contribution in [3.63, 3.8) is 0 Å². The highest BCUT2D eigenvalue weighted by Crippen LogP contribution is 2.37. The summed E-state index contributed by atoms with van der Waals surface area (Å²) < 4.78 is 40.4. The molecule has 1 aliphatic carbocycles. The highest BCUT2D eigenvalue weighted by Gasteiger charge is 2.40. The number of carboxylic acid groups (broad SMARTS) is 1. The van der Waals surface area contributed by atoms with Crippen LogP contribution in [-0.4, -0.2) is 26.8 Å². The first kappa shape index (κ1) is 18.0. The molecule has 1 aromatic carbocycles. The smallest absolute Gasteiger partial charge is 0.434 e. The molecular weight excluding hydrogens is 351 g/mol. The van der Waals surface area contributed by atoms with Gasteiger partial charge in [0.15, 0.2) is 5.69 Å². The zero-order valence-corrected chi connectivity index (χ0v) is 13.7. The van der Waals surface area contributed by atoms with E-state index in [4.69, 9.17) is 5.11 Å². The van der Waals surface area contributed by atoms with Crippen molar-refractivity contribution in [2.24, 2.45) is 11.8 Å². The molecule has 1 fully saturated rings.